The number of carbonyl (C=O) groups is 2. The Morgan fingerprint density at radius 2 is 1.97 bits per heavy atom. The van der Waals surface area contributed by atoms with Gasteiger partial charge in [-0.2, -0.15) is 0 Å². The number of rotatable bonds is 8. The van der Waals surface area contributed by atoms with E-state index in [-0.39, 0.29) is 30.6 Å². The summed E-state index contributed by atoms with van der Waals surface area (Å²) in [7, 11) is 1.53. The predicted octanol–water partition coefficient (Wildman–Crippen LogP) is 2.34. The molecule has 1 aromatic carbocycles. The Labute approximate surface area is 172 Å². The molecule has 0 unspecified atom stereocenters. The molecule has 7 heteroatoms. The summed E-state index contributed by atoms with van der Waals surface area (Å²) in [6, 6.07) is 7.44. The maximum atomic E-state index is 13.2. The molecule has 0 aromatic heterocycles. The van der Waals surface area contributed by atoms with Crippen molar-refractivity contribution in [2.24, 2.45) is 0 Å². The van der Waals surface area contributed by atoms with Crippen molar-refractivity contribution >= 4 is 11.8 Å². The third-order valence-electron chi connectivity index (χ3n) is 5.59. The summed E-state index contributed by atoms with van der Waals surface area (Å²) in [4.78, 5) is 28.8. The Morgan fingerprint density at radius 1 is 1.21 bits per heavy atom. The lowest BCUT2D eigenvalue weighted by Gasteiger charge is -2.32. The van der Waals surface area contributed by atoms with Crippen LogP contribution in [0.1, 0.15) is 43.0 Å². The first-order valence-electron chi connectivity index (χ1n) is 10.6. The number of hydrogen-bond acceptors (Lipinski definition) is 5. The number of hydrogen-bond donors (Lipinski definition) is 0. The lowest BCUT2D eigenvalue weighted by atomic mass is 10.1. The van der Waals surface area contributed by atoms with Gasteiger partial charge in [-0.05, 0) is 31.9 Å². The van der Waals surface area contributed by atoms with Gasteiger partial charge in [0, 0.05) is 52.7 Å². The van der Waals surface area contributed by atoms with E-state index in [0.717, 1.165) is 32.3 Å². The second kappa shape index (κ2) is 10.6. The Bertz CT molecular complexity index is 682. The van der Waals surface area contributed by atoms with Gasteiger partial charge in [0.2, 0.25) is 5.91 Å². The Morgan fingerprint density at radius 3 is 2.62 bits per heavy atom. The lowest BCUT2D eigenvalue weighted by molar-refractivity contribution is -0.136. The van der Waals surface area contributed by atoms with Crippen molar-refractivity contribution in [3.63, 3.8) is 0 Å². The Hall–Kier alpha value is -2.12. The molecular weight excluding hydrogens is 372 g/mol. The van der Waals surface area contributed by atoms with Crippen LogP contribution in [0.3, 0.4) is 0 Å². The van der Waals surface area contributed by atoms with Crippen LogP contribution in [0.15, 0.2) is 24.3 Å². The second-order valence-electron chi connectivity index (χ2n) is 7.61. The van der Waals surface area contributed by atoms with Gasteiger partial charge >= 0.3 is 0 Å². The van der Waals surface area contributed by atoms with Crippen LogP contribution < -0.4 is 4.74 Å². The number of methoxy groups -OCH3 is 1. The van der Waals surface area contributed by atoms with Crippen LogP contribution >= 0.6 is 0 Å². The molecule has 2 saturated heterocycles. The van der Waals surface area contributed by atoms with Crippen molar-refractivity contribution < 1.29 is 23.8 Å². The molecule has 0 aliphatic carbocycles. The normalized spacial score (nSPS) is 19.9. The van der Waals surface area contributed by atoms with Crippen LogP contribution in [0.2, 0.25) is 0 Å². The maximum absolute atomic E-state index is 13.2. The van der Waals surface area contributed by atoms with Gasteiger partial charge in [-0.1, -0.05) is 12.1 Å². The highest BCUT2D eigenvalue weighted by atomic mass is 16.5. The number of para-hydroxylation sites is 1. The van der Waals surface area contributed by atoms with E-state index in [9.17, 15) is 9.59 Å². The van der Waals surface area contributed by atoms with Crippen molar-refractivity contribution in [2.45, 2.75) is 44.8 Å². The van der Waals surface area contributed by atoms with E-state index in [4.69, 9.17) is 14.2 Å². The molecule has 3 rings (SSSR count). The number of piperidine rings is 1. The molecule has 0 saturated carbocycles. The van der Waals surface area contributed by atoms with Crippen LogP contribution in [-0.2, 0) is 14.3 Å². The van der Waals surface area contributed by atoms with Crippen LogP contribution in [0.25, 0.3) is 0 Å². The van der Waals surface area contributed by atoms with E-state index < -0.39 is 0 Å². The highest BCUT2D eigenvalue weighted by molar-refractivity contribution is 5.97. The minimum Gasteiger partial charge on any atom is -0.489 e. The van der Waals surface area contributed by atoms with Gasteiger partial charge in [0.25, 0.3) is 5.91 Å². The molecule has 1 atom stereocenters. The van der Waals surface area contributed by atoms with E-state index in [1.54, 1.807) is 4.90 Å². The predicted molar refractivity (Wildman–Crippen MR) is 109 cm³/mol. The topological polar surface area (TPSA) is 68.3 Å². The summed E-state index contributed by atoms with van der Waals surface area (Å²) in [6.45, 7) is 5.41. The lowest BCUT2D eigenvalue weighted by Crippen LogP contribution is -2.43. The molecule has 0 bridgehead atoms. The summed E-state index contributed by atoms with van der Waals surface area (Å²) in [5.74, 6) is 0.602. The summed E-state index contributed by atoms with van der Waals surface area (Å²) in [5.41, 5.74) is 0.588. The first-order chi connectivity index (χ1) is 14.1. The third kappa shape index (κ3) is 5.70. The van der Waals surface area contributed by atoms with Gasteiger partial charge in [-0.15, -0.1) is 0 Å². The molecule has 0 N–H and O–H groups in total. The first kappa shape index (κ1) is 21.6. The summed E-state index contributed by atoms with van der Waals surface area (Å²) >= 11 is 0. The van der Waals surface area contributed by atoms with Gasteiger partial charge in [-0.3, -0.25) is 9.59 Å². The Kier molecular flexibility index (Phi) is 7.89. The van der Waals surface area contributed by atoms with Gasteiger partial charge in [-0.25, -0.2) is 0 Å². The van der Waals surface area contributed by atoms with Crippen LogP contribution in [0.5, 0.6) is 5.75 Å². The van der Waals surface area contributed by atoms with Crippen molar-refractivity contribution in [3.8, 4) is 5.75 Å². The third-order valence-corrected chi connectivity index (χ3v) is 5.59. The number of amides is 2. The van der Waals surface area contributed by atoms with E-state index >= 15 is 0 Å². The SMILES string of the molecule is CCN(C[C@H]1CCCO1)C(=O)c1ccccc1OC1CCN(C(=O)COC)CC1. The van der Waals surface area contributed by atoms with Gasteiger partial charge < -0.3 is 24.0 Å². The fraction of sp³-hybridized carbons (Fsp3) is 0.636. The molecule has 29 heavy (non-hydrogen) atoms. The standard InChI is InChI=1S/C22H32N2O5/c1-3-23(15-18-7-6-14-28-18)22(26)19-8-4-5-9-20(19)29-17-10-12-24(13-11-17)21(25)16-27-2/h4-5,8-9,17-18H,3,6-7,10-16H2,1-2H3/t18-/m1/s1. The number of benzene rings is 1. The first-order valence-corrected chi connectivity index (χ1v) is 10.6. The molecule has 160 valence electrons. The largest absolute Gasteiger partial charge is 0.489 e. The molecule has 2 fully saturated rings. The van der Waals surface area contributed by atoms with E-state index in [1.807, 2.05) is 36.1 Å². The van der Waals surface area contributed by atoms with Crippen LogP contribution in [0.4, 0.5) is 0 Å². The number of carbonyl (C=O) groups excluding carboxylic acids is 2. The molecule has 1 aromatic rings. The highest BCUT2D eigenvalue weighted by Crippen LogP contribution is 2.25. The maximum Gasteiger partial charge on any atom is 0.257 e. The van der Waals surface area contributed by atoms with Gasteiger partial charge in [0.1, 0.15) is 18.5 Å². The quantitative estimate of drug-likeness (QED) is 0.665. The van der Waals surface area contributed by atoms with E-state index in [2.05, 4.69) is 0 Å². The molecule has 2 aliphatic rings. The zero-order valence-electron chi connectivity index (χ0n) is 17.5. The summed E-state index contributed by atoms with van der Waals surface area (Å²) < 4.78 is 16.8. The minimum atomic E-state index is -0.0219. The number of nitrogens with zero attached hydrogens (tertiary/aromatic N) is 2. The molecule has 7 nitrogen and oxygen atoms in total. The zero-order chi connectivity index (χ0) is 20.6. The molecule has 2 heterocycles. The fourth-order valence-corrected chi connectivity index (χ4v) is 3.92. The summed E-state index contributed by atoms with van der Waals surface area (Å²) in [5, 5.41) is 0. The van der Waals surface area contributed by atoms with Crippen LogP contribution in [0, 0.1) is 0 Å². The molecular formula is C22H32N2O5. The molecule has 2 amide bonds. The van der Waals surface area contributed by atoms with Crippen molar-refractivity contribution in [2.75, 3.05) is 46.5 Å². The Balaban J connectivity index is 1.61. The van der Waals surface area contributed by atoms with Gasteiger partial charge in [0.15, 0.2) is 0 Å². The number of likely N-dealkylation sites (tertiary alicyclic amines) is 1. The average Bonchev–Trinajstić information content (AvgIpc) is 3.26. The van der Waals surface area contributed by atoms with E-state index in [0.29, 0.717) is 37.5 Å². The molecule has 0 radical (unpaired) electrons. The zero-order valence-corrected chi connectivity index (χ0v) is 17.5. The number of ether oxygens (including phenoxy) is 3. The van der Waals surface area contributed by atoms with Crippen molar-refractivity contribution in [1.82, 2.24) is 9.80 Å². The molecule has 0 spiro atoms. The van der Waals surface area contributed by atoms with E-state index in [1.165, 1.54) is 7.11 Å². The van der Waals surface area contributed by atoms with Crippen LogP contribution in [-0.4, -0.2) is 80.3 Å². The molecule has 2 aliphatic heterocycles. The van der Waals surface area contributed by atoms with Gasteiger partial charge in [0.05, 0.1) is 11.7 Å². The average molecular weight is 405 g/mol. The smallest absolute Gasteiger partial charge is 0.257 e. The van der Waals surface area contributed by atoms with Crippen molar-refractivity contribution in [1.29, 1.82) is 0 Å². The van der Waals surface area contributed by atoms with Crippen molar-refractivity contribution in [3.05, 3.63) is 29.8 Å². The monoisotopic (exact) mass is 404 g/mol. The fourth-order valence-electron chi connectivity index (χ4n) is 3.92. The minimum absolute atomic E-state index is 0.00856. The summed E-state index contributed by atoms with van der Waals surface area (Å²) in [6.07, 6.45) is 3.66. The second-order valence-corrected chi connectivity index (χ2v) is 7.61. The highest BCUT2D eigenvalue weighted by Gasteiger charge is 2.27. The number of likely N-dealkylation sites (N-methyl/N-ethyl adjacent to an activating group) is 1.